The summed E-state index contributed by atoms with van der Waals surface area (Å²) in [5.74, 6) is 1.85. The molecule has 2 saturated heterocycles. The van der Waals surface area contributed by atoms with Gasteiger partial charge in [-0.05, 0) is 18.9 Å². The molecule has 0 aliphatic carbocycles. The third-order valence-corrected chi connectivity index (χ3v) is 4.96. The molecule has 3 heterocycles. The van der Waals surface area contributed by atoms with Gasteiger partial charge in [0.15, 0.2) is 5.82 Å². The summed E-state index contributed by atoms with van der Waals surface area (Å²) >= 11 is 0. The standard InChI is InChI=1S/C19H24N4O/c1-2-5-16(6-3-1)19-20-9-8-18(21-19)23-10-4-7-17(15-23)22-11-13-24-14-12-22/h1-3,5-6,8-9,17H,4,7,10-15H2. The van der Waals surface area contributed by atoms with Gasteiger partial charge in [-0.1, -0.05) is 30.3 Å². The van der Waals surface area contributed by atoms with Crippen LogP contribution >= 0.6 is 0 Å². The molecule has 0 radical (unpaired) electrons. The molecule has 24 heavy (non-hydrogen) atoms. The molecular weight excluding hydrogens is 300 g/mol. The van der Waals surface area contributed by atoms with Gasteiger partial charge >= 0.3 is 0 Å². The zero-order valence-electron chi connectivity index (χ0n) is 14.0. The van der Waals surface area contributed by atoms with Crippen molar-refractivity contribution in [1.82, 2.24) is 14.9 Å². The summed E-state index contributed by atoms with van der Waals surface area (Å²) in [7, 11) is 0. The Bertz CT molecular complexity index is 657. The predicted octanol–water partition coefficient (Wildman–Crippen LogP) is 2.44. The van der Waals surface area contributed by atoms with E-state index in [0.717, 1.165) is 56.6 Å². The molecule has 1 aromatic heterocycles. The highest BCUT2D eigenvalue weighted by Crippen LogP contribution is 2.23. The van der Waals surface area contributed by atoms with Crippen molar-refractivity contribution in [3.8, 4) is 11.4 Å². The minimum absolute atomic E-state index is 0.609. The molecule has 2 aliphatic rings. The van der Waals surface area contributed by atoms with Crippen LogP contribution in [0.2, 0.25) is 0 Å². The van der Waals surface area contributed by atoms with E-state index in [1.54, 1.807) is 0 Å². The van der Waals surface area contributed by atoms with Gasteiger partial charge in [0.05, 0.1) is 13.2 Å². The lowest BCUT2D eigenvalue weighted by Gasteiger charge is -2.41. The van der Waals surface area contributed by atoms with E-state index in [2.05, 4.69) is 26.9 Å². The number of anilines is 1. The molecule has 5 nitrogen and oxygen atoms in total. The first-order valence-corrected chi connectivity index (χ1v) is 8.85. The largest absolute Gasteiger partial charge is 0.379 e. The fraction of sp³-hybridized carbons (Fsp3) is 0.474. The van der Waals surface area contributed by atoms with Crippen molar-refractivity contribution in [2.24, 2.45) is 0 Å². The Hall–Kier alpha value is -1.98. The molecule has 1 aromatic carbocycles. The van der Waals surface area contributed by atoms with Crippen LogP contribution in [0, 0.1) is 0 Å². The van der Waals surface area contributed by atoms with E-state index in [1.807, 2.05) is 30.5 Å². The highest BCUT2D eigenvalue weighted by Gasteiger charge is 2.27. The maximum Gasteiger partial charge on any atom is 0.161 e. The van der Waals surface area contributed by atoms with Crippen LogP contribution in [0.3, 0.4) is 0 Å². The number of piperidine rings is 1. The zero-order chi connectivity index (χ0) is 16.2. The number of benzene rings is 1. The van der Waals surface area contributed by atoms with Gasteiger partial charge in [0, 0.05) is 44.0 Å². The maximum atomic E-state index is 5.49. The van der Waals surface area contributed by atoms with E-state index in [9.17, 15) is 0 Å². The van der Waals surface area contributed by atoms with Gasteiger partial charge in [-0.15, -0.1) is 0 Å². The summed E-state index contributed by atoms with van der Waals surface area (Å²) in [6.07, 6.45) is 4.36. The molecule has 2 fully saturated rings. The zero-order valence-corrected chi connectivity index (χ0v) is 14.0. The van der Waals surface area contributed by atoms with Crippen molar-refractivity contribution in [3.05, 3.63) is 42.6 Å². The van der Waals surface area contributed by atoms with Crippen LogP contribution in [0.25, 0.3) is 11.4 Å². The number of aromatic nitrogens is 2. The third-order valence-electron chi connectivity index (χ3n) is 4.96. The van der Waals surface area contributed by atoms with Crippen LogP contribution in [-0.2, 0) is 4.74 Å². The fourth-order valence-corrected chi connectivity index (χ4v) is 3.66. The summed E-state index contributed by atoms with van der Waals surface area (Å²) in [5.41, 5.74) is 1.07. The Balaban J connectivity index is 1.50. The average Bonchev–Trinajstić information content (AvgIpc) is 2.70. The Labute approximate surface area is 143 Å². The van der Waals surface area contributed by atoms with E-state index in [-0.39, 0.29) is 0 Å². The van der Waals surface area contributed by atoms with E-state index in [1.165, 1.54) is 12.8 Å². The van der Waals surface area contributed by atoms with Gasteiger partial charge in [0.1, 0.15) is 5.82 Å². The van der Waals surface area contributed by atoms with Crippen molar-refractivity contribution >= 4 is 5.82 Å². The van der Waals surface area contributed by atoms with Gasteiger partial charge in [-0.25, -0.2) is 9.97 Å². The number of hydrogen-bond donors (Lipinski definition) is 0. The Morgan fingerprint density at radius 2 is 1.83 bits per heavy atom. The van der Waals surface area contributed by atoms with Crippen LogP contribution in [-0.4, -0.2) is 60.3 Å². The van der Waals surface area contributed by atoms with E-state index >= 15 is 0 Å². The lowest BCUT2D eigenvalue weighted by atomic mass is 10.0. The second-order valence-corrected chi connectivity index (χ2v) is 6.49. The second kappa shape index (κ2) is 7.28. The summed E-state index contributed by atoms with van der Waals surface area (Å²) < 4.78 is 5.49. The quantitative estimate of drug-likeness (QED) is 0.867. The van der Waals surface area contributed by atoms with Crippen LogP contribution < -0.4 is 4.90 Å². The molecular formula is C19H24N4O. The van der Waals surface area contributed by atoms with E-state index < -0.39 is 0 Å². The van der Waals surface area contributed by atoms with Gasteiger partial charge < -0.3 is 9.64 Å². The number of nitrogens with zero attached hydrogens (tertiary/aromatic N) is 4. The van der Waals surface area contributed by atoms with Crippen LogP contribution in [0.15, 0.2) is 42.6 Å². The molecule has 0 N–H and O–H groups in total. The fourth-order valence-electron chi connectivity index (χ4n) is 3.66. The average molecular weight is 324 g/mol. The normalized spacial score (nSPS) is 22.5. The number of hydrogen-bond acceptors (Lipinski definition) is 5. The van der Waals surface area contributed by atoms with Crippen LogP contribution in [0.5, 0.6) is 0 Å². The highest BCUT2D eigenvalue weighted by atomic mass is 16.5. The summed E-state index contributed by atoms with van der Waals surface area (Å²) in [4.78, 5) is 14.3. The second-order valence-electron chi connectivity index (χ2n) is 6.49. The topological polar surface area (TPSA) is 41.5 Å². The first kappa shape index (κ1) is 15.5. The molecule has 4 rings (SSSR count). The molecule has 0 spiro atoms. The van der Waals surface area contributed by atoms with Crippen molar-refractivity contribution in [3.63, 3.8) is 0 Å². The molecule has 1 atom stereocenters. The lowest BCUT2D eigenvalue weighted by molar-refractivity contribution is 0.0137. The first-order valence-electron chi connectivity index (χ1n) is 8.85. The Morgan fingerprint density at radius 3 is 2.67 bits per heavy atom. The van der Waals surface area contributed by atoms with Crippen molar-refractivity contribution in [1.29, 1.82) is 0 Å². The minimum atomic E-state index is 0.609. The predicted molar refractivity (Wildman–Crippen MR) is 95.1 cm³/mol. The molecule has 0 bridgehead atoms. The number of morpholine rings is 1. The van der Waals surface area contributed by atoms with Gasteiger partial charge in [-0.2, -0.15) is 0 Å². The SMILES string of the molecule is c1ccc(-c2nccc(N3CCCC(N4CCOCC4)C3)n2)cc1. The van der Waals surface area contributed by atoms with Gasteiger partial charge in [0.25, 0.3) is 0 Å². The van der Waals surface area contributed by atoms with Crippen LogP contribution in [0.1, 0.15) is 12.8 Å². The summed E-state index contributed by atoms with van der Waals surface area (Å²) in [5, 5.41) is 0. The summed E-state index contributed by atoms with van der Waals surface area (Å²) in [6, 6.07) is 12.8. The lowest BCUT2D eigenvalue weighted by Crippen LogP contribution is -2.51. The molecule has 0 saturated carbocycles. The maximum absolute atomic E-state index is 5.49. The Kier molecular flexibility index (Phi) is 4.71. The van der Waals surface area contributed by atoms with Crippen LogP contribution in [0.4, 0.5) is 5.82 Å². The van der Waals surface area contributed by atoms with E-state index in [0.29, 0.717) is 6.04 Å². The number of rotatable bonds is 3. The molecule has 2 aliphatic heterocycles. The molecule has 5 heteroatoms. The smallest absolute Gasteiger partial charge is 0.161 e. The van der Waals surface area contributed by atoms with Crippen molar-refractivity contribution in [2.75, 3.05) is 44.3 Å². The third kappa shape index (κ3) is 3.42. The molecule has 1 unspecified atom stereocenters. The molecule has 126 valence electrons. The Morgan fingerprint density at radius 1 is 1.00 bits per heavy atom. The highest BCUT2D eigenvalue weighted by molar-refractivity contribution is 5.57. The van der Waals surface area contributed by atoms with E-state index in [4.69, 9.17) is 9.72 Å². The van der Waals surface area contributed by atoms with Crippen molar-refractivity contribution < 1.29 is 4.74 Å². The summed E-state index contributed by atoms with van der Waals surface area (Å²) in [6.45, 7) is 5.96. The molecule has 2 aromatic rings. The van der Waals surface area contributed by atoms with Gasteiger partial charge in [0.2, 0.25) is 0 Å². The monoisotopic (exact) mass is 324 g/mol. The molecule has 0 amide bonds. The number of ether oxygens (including phenoxy) is 1. The van der Waals surface area contributed by atoms with Crippen molar-refractivity contribution in [2.45, 2.75) is 18.9 Å². The van der Waals surface area contributed by atoms with Gasteiger partial charge in [-0.3, -0.25) is 4.90 Å². The minimum Gasteiger partial charge on any atom is -0.379 e. The first-order chi connectivity index (χ1) is 11.9.